The molecule has 98 valence electrons. The Morgan fingerprint density at radius 3 is 2.50 bits per heavy atom. The molecule has 1 atom stereocenters. The van der Waals surface area contributed by atoms with E-state index in [1.165, 1.54) is 18.2 Å². The third-order valence-corrected chi connectivity index (χ3v) is 2.95. The molecule has 0 aromatic heterocycles. The largest absolute Gasteiger partial charge is 0.392 e. The van der Waals surface area contributed by atoms with E-state index in [0.29, 0.717) is 11.1 Å². The van der Waals surface area contributed by atoms with Crippen molar-refractivity contribution in [2.45, 2.75) is 26.8 Å². The Kier molecular flexibility index (Phi) is 4.78. The maximum absolute atomic E-state index is 13.0. The fourth-order valence-corrected chi connectivity index (χ4v) is 2.00. The molecule has 0 aliphatic heterocycles. The SMILES string of the molecule is Cc1cc(F)ccc1C(=O)NC(C(N)=S)C(C)C. The number of amides is 1. The van der Waals surface area contributed by atoms with Crippen molar-refractivity contribution in [2.24, 2.45) is 11.7 Å². The van der Waals surface area contributed by atoms with Gasteiger partial charge in [0.15, 0.2) is 0 Å². The van der Waals surface area contributed by atoms with Crippen molar-refractivity contribution in [3.05, 3.63) is 35.1 Å². The molecule has 3 N–H and O–H groups in total. The normalized spacial score (nSPS) is 12.3. The summed E-state index contributed by atoms with van der Waals surface area (Å²) in [6.07, 6.45) is 0. The van der Waals surface area contributed by atoms with Crippen LogP contribution in [0.3, 0.4) is 0 Å². The molecule has 0 saturated heterocycles. The molecule has 0 aliphatic rings. The number of rotatable bonds is 4. The number of nitrogens with one attached hydrogen (secondary N) is 1. The van der Waals surface area contributed by atoms with Gasteiger partial charge in [-0.3, -0.25) is 4.79 Å². The Morgan fingerprint density at radius 2 is 2.06 bits per heavy atom. The minimum atomic E-state index is -0.364. The molecule has 1 amide bonds. The van der Waals surface area contributed by atoms with Crippen LogP contribution in [0.4, 0.5) is 4.39 Å². The van der Waals surface area contributed by atoms with Gasteiger partial charge in [0.1, 0.15) is 5.82 Å². The second-order valence-electron chi connectivity index (χ2n) is 4.56. The minimum absolute atomic E-state index is 0.104. The average molecular weight is 268 g/mol. The fourth-order valence-electron chi connectivity index (χ4n) is 1.67. The molecule has 1 unspecified atom stereocenters. The van der Waals surface area contributed by atoms with Crippen molar-refractivity contribution in [3.8, 4) is 0 Å². The van der Waals surface area contributed by atoms with Crippen LogP contribution < -0.4 is 11.1 Å². The van der Waals surface area contributed by atoms with E-state index in [-0.39, 0.29) is 28.7 Å². The third-order valence-electron chi connectivity index (χ3n) is 2.69. The number of benzene rings is 1. The Balaban J connectivity index is 2.91. The summed E-state index contributed by atoms with van der Waals surface area (Å²) < 4.78 is 13.0. The smallest absolute Gasteiger partial charge is 0.252 e. The van der Waals surface area contributed by atoms with Gasteiger partial charge in [0.25, 0.3) is 5.91 Å². The van der Waals surface area contributed by atoms with Gasteiger partial charge in [-0.15, -0.1) is 0 Å². The molecule has 1 rings (SSSR count). The second-order valence-corrected chi connectivity index (χ2v) is 5.03. The van der Waals surface area contributed by atoms with Gasteiger partial charge in [-0.05, 0) is 36.6 Å². The van der Waals surface area contributed by atoms with Gasteiger partial charge in [-0.1, -0.05) is 26.1 Å². The first-order valence-corrected chi connectivity index (χ1v) is 6.10. The zero-order chi connectivity index (χ0) is 13.9. The second kappa shape index (κ2) is 5.91. The van der Waals surface area contributed by atoms with Crippen molar-refractivity contribution in [2.75, 3.05) is 0 Å². The van der Waals surface area contributed by atoms with Crippen molar-refractivity contribution in [1.82, 2.24) is 5.32 Å². The summed E-state index contributed by atoms with van der Waals surface area (Å²) in [6.45, 7) is 5.52. The standard InChI is InChI=1S/C13H17FN2OS/c1-7(2)11(12(15)18)16-13(17)10-5-4-9(14)6-8(10)3/h4-7,11H,1-3H3,(H2,15,18)(H,16,17). The molecule has 0 radical (unpaired) electrons. The number of hydrogen-bond acceptors (Lipinski definition) is 2. The minimum Gasteiger partial charge on any atom is -0.392 e. The number of nitrogens with two attached hydrogens (primary N) is 1. The maximum atomic E-state index is 13.0. The van der Waals surface area contributed by atoms with Gasteiger partial charge < -0.3 is 11.1 Å². The van der Waals surface area contributed by atoms with Gasteiger partial charge in [0.05, 0.1) is 11.0 Å². The van der Waals surface area contributed by atoms with E-state index in [1.54, 1.807) is 6.92 Å². The molecule has 0 spiro atoms. The lowest BCUT2D eigenvalue weighted by Crippen LogP contribution is -2.46. The van der Waals surface area contributed by atoms with Crippen molar-refractivity contribution in [1.29, 1.82) is 0 Å². The van der Waals surface area contributed by atoms with E-state index in [4.69, 9.17) is 18.0 Å². The summed E-state index contributed by atoms with van der Waals surface area (Å²) in [4.78, 5) is 12.3. The molecule has 0 heterocycles. The number of halogens is 1. The first-order valence-electron chi connectivity index (χ1n) is 5.69. The molecular weight excluding hydrogens is 251 g/mol. The molecule has 0 saturated carbocycles. The topological polar surface area (TPSA) is 55.1 Å². The summed E-state index contributed by atoms with van der Waals surface area (Å²) in [5.74, 6) is -0.551. The number of carbonyl (C=O) groups excluding carboxylic acids is 1. The zero-order valence-corrected chi connectivity index (χ0v) is 11.5. The molecule has 1 aromatic carbocycles. The number of thiocarbonyl (C=S) groups is 1. The summed E-state index contributed by atoms with van der Waals surface area (Å²) in [5, 5.41) is 2.76. The predicted molar refractivity (Wildman–Crippen MR) is 74.0 cm³/mol. The number of aryl methyl sites for hydroxylation is 1. The summed E-state index contributed by atoms with van der Waals surface area (Å²) in [5.41, 5.74) is 6.59. The molecule has 0 bridgehead atoms. The Labute approximate surface area is 112 Å². The highest BCUT2D eigenvalue weighted by atomic mass is 32.1. The van der Waals surface area contributed by atoms with Crippen LogP contribution in [0.15, 0.2) is 18.2 Å². The van der Waals surface area contributed by atoms with Gasteiger partial charge in [-0.25, -0.2) is 4.39 Å². The highest BCUT2D eigenvalue weighted by Crippen LogP contribution is 2.11. The lowest BCUT2D eigenvalue weighted by molar-refractivity contribution is 0.0939. The van der Waals surface area contributed by atoms with E-state index in [1.807, 2.05) is 13.8 Å². The van der Waals surface area contributed by atoms with Crippen LogP contribution in [0.2, 0.25) is 0 Å². The van der Waals surface area contributed by atoms with E-state index in [9.17, 15) is 9.18 Å². The fraction of sp³-hybridized carbons (Fsp3) is 0.385. The summed E-state index contributed by atoms with van der Waals surface area (Å²) >= 11 is 4.92. The van der Waals surface area contributed by atoms with Gasteiger partial charge in [0, 0.05) is 5.56 Å². The van der Waals surface area contributed by atoms with E-state index in [2.05, 4.69) is 5.32 Å². The summed E-state index contributed by atoms with van der Waals surface area (Å²) in [6, 6.07) is 3.67. The van der Waals surface area contributed by atoms with E-state index < -0.39 is 0 Å². The third kappa shape index (κ3) is 3.50. The van der Waals surface area contributed by atoms with Crippen LogP contribution >= 0.6 is 12.2 Å². The average Bonchev–Trinajstić information content (AvgIpc) is 2.24. The highest BCUT2D eigenvalue weighted by molar-refractivity contribution is 7.80. The Hall–Kier alpha value is -1.49. The summed E-state index contributed by atoms with van der Waals surface area (Å²) in [7, 11) is 0. The lowest BCUT2D eigenvalue weighted by Gasteiger charge is -2.21. The first kappa shape index (κ1) is 14.6. The maximum Gasteiger partial charge on any atom is 0.252 e. The molecule has 0 aliphatic carbocycles. The number of carbonyl (C=O) groups is 1. The number of hydrogen-bond donors (Lipinski definition) is 2. The van der Waals surface area contributed by atoms with Crippen LogP contribution in [-0.4, -0.2) is 16.9 Å². The van der Waals surface area contributed by atoms with Crippen LogP contribution in [0.25, 0.3) is 0 Å². The monoisotopic (exact) mass is 268 g/mol. The highest BCUT2D eigenvalue weighted by Gasteiger charge is 2.20. The van der Waals surface area contributed by atoms with Crippen LogP contribution in [0.5, 0.6) is 0 Å². The van der Waals surface area contributed by atoms with Crippen molar-refractivity contribution in [3.63, 3.8) is 0 Å². The lowest BCUT2D eigenvalue weighted by atomic mass is 10.0. The predicted octanol–water partition coefficient (Wildman–Crippen LogP) is 2.17. The van der Waals surface area contributed by atoms with Gasteiger partial charge in [-0.2, -0.15) is 0 Å². The molecule has 5 heteroatoms. The van der Waals surface area contributed by atoms with Crippen molar-refractivity contribution >= 4 is 23.1 Å². The van der Waals surface area contributed by atoms with E-state index in [0.717, 1.165) is 0 Å². The first-order chi connectivity index (χ1) is 8.32. The quantitative estimate of drug-likeness (QED) is 0.823. The van der Waals surface area contributed by atoms with Crippen LogP contribution in [-0.2, 0) is 0 Å². The van der Waals surface area contributed by atoms with Crippen molar-refractivity contribution < 1.29 is 9.18 Å². The Bertz CT molecular complexity index is 474. The molecule has 18 heavy (non-hydrogen) atoms. The van der Waals surface area contributed by atoms with Crippen LogP contribution in [0.1, 0.15) is 29.8 Å². The molecule has 3 nitrogen and oxygen atoms in total. The van der Waals surface area contributed by atoms with Crippen LogP contribution in [0, 0.1) is 18.7 Å². The molecular formula is C13H17FN2OS. The Morgan fingerprint density at radius 1 is 1.44 bits per heavy atom. The van der Waals surface area contributed by atoms with Gasteiger partial charge >= 0.3 is 0 Å². The molecule has 0 fully saturated rings. The zero-order valence-electron chi connectivity index (χ0n) is 10.7. The van der Waals surface area contributed by atoms with E-state index >= 15 is 0 Å². The van der Waals surface area contributed by atoms with Gasteiger partial charge in [0.2, 0.25) is 0 Å². The molecule has 1 aromatic rings.